The summed E-state index contributed by atoms with van der Waals surface area (Å²) in [4.78, 5) is 2.64. The molecule has 5 nitrogen and oxygen atoms in total. The zero-order valence-corrected chi connectivity index (χ0v) is 8.42. The van der Waals surface area contributed by atoms with Gasteiger partial charge in [-0.1, -0.05) is 23.3 Å². The van der Waals surface area contributed by atoms with Crippen molar-refractivity contribution in [2.75, 3.05) is 19.4 Å². The number of hydrogen-bond donors (Lipinski definition) is 1. The average molecular weight is 204 g/mol. The third-order valence-electron chi connectivity index (χ3n) is 1.81. The van der Waals surface area contributed by atoms with E-state index in [1.54, 1.807) is 25.3 Å². The standard InChI is InChI=1S/C10H12N4O/c1-15-10-5-4-8(7-9(10)11)3-2-6-13-14-12/h2-5,7H,6,11H2,1H3. The first-order chi connectivity index (χ1) is 7.27. The van der Waals surface area contributed by atoms with Crippen LogP contribution in [0.2, 0.25) is 0 Å². The molecule has 0 amide bonds. The molecule has 0 radical (unpaired) electrons. The number of nitrogen functional groups attached to an aromatic ring is 1. The number of azide groups is 1. The number of hydrogen-bond acceptors (Lipinski definition) is 3. The van der Waals surface area contributed by atoms with Crippen LogP contribution in [0.1, 0.15) is 5.56 Å². The van der Waals surface area contributed by atoms with Gasteiger partial charge in [-0.2, -0.15) is 0 Å². The van der Waals surface area contributed by atoms with Crippen molar-refractivity contribution >= 4 is 11.8 Å². The predicted molar refractivity (Wildman–Crippen MR) is 60.5 cm³/mol. The van der Waals surface area contributed by atoms with Crippen molar-refractivity contribution in [1.82, 2.24) is 0 Å². The lowest BCUT2D eigenvalue weighted by atomic mass is 10.2. The lowest BCUT2D eigenvalue weighted by molar-refractivity contribution is 0.417. The van der Waals surface area contributed by atoms with Gasteiger partial charge in [0.25, 0.3) is 0 Å². The van der Waals surface area contributed by atoms with Crippen LogP contribution >= 0.6 is 0 Å². The Hall–Kier alpha value is -2.13. The number of benzene rings is 1. The molecule has 0 aliphatic rings. The summed E-state index contributed by atoms with van der Waals surface area (Å²) >= 11 is 0. The molecule has 0 heterocycles. The molecular weight excluding hydrogens is 192 g/mol. The minimum Gasteiger partial charge on any atom is -0.495 e. The number of nitrogens with two attached hydrogens (primary N) is 1. The van der Waals surface area contributed by atoms with Crippen LogP contribution in [0.5, 0.6) is 5.75 Å². The molecule has 0 bridgehead atoms. The number of nitrogens with zero attached hydrogens (tertiary/aromatic N) is 3. The van der Waals surface area contributed by atoms with Crippen LogP contribution in [0.15, 0.2) is 29.4 Å². The highest BCUT2D eigenvalue weighted by Crippen LogP contribution is 2.22. The monoisotopic (exact) mass is 204 g/mol. The van der Waals surface area contributed by atoms with Gasteiger partial charge in [-0.3, -0.25) is 0 Å². The summed E-state index contributed by atoms with van der Waals surface area (Å²) in [5.74, 6) is 0.655. The molecule has 0 aromatic heterocycles. The molecule has 2 N–H and O–H groups in total. The first-order valence-corrected chi connectivity index (χ1v) is 4.39. The van der Waals surface area contributed by atoms with E-state index in [1.165, 1.54) is 0 Å². The van der Waals surface area contributed by atoms with Crippen LogP contribution in [-0.2, 0) is 0 Å². The normalized spacial score (nSPS) is 9.93. The third kappa shape index (κ3) is 3.25. The maximum absolute atomic E-state index is 8.06. The molecule has 1 aromatic carbocycles. The topological polar surface area (TPSA) is 84.0 Å². The summed E-state index contributed by atoms with van der Waals surface area (Å²) in [6.45, 7) is 0.336. The Morgan fingerprint density at radius 2 is 2.40 bits per heavy atom. The van der Waals surface area contributed by atoms with Crippen LogP contribution in [0.3, 0.4) is 0 Å². The van der Waals surface area contributed by atoms with E-state index in [-0.39, 0.29) is 0 Å². The number of anilines is 1. The van der Waals surface area contributed by atoms with E-state index in [2.05, 4.69) is 10.0 Å². The van der Waals surface area contributed by atoms with Gasteiger partial charge in [-0.05, 0) is 23.2 Å². The zero-order chi connectivity index (χ0) is 11.1. The maximum Gasteiger partial charge on any atom is 0.141 e. The molecule has 0 saturated carbocycles. The van der Waals surface area contributed by atoms with Crippen LogP contribution in [0, 0.1) is 0 Å². The van der Waals surface area contributed by atoms with E-state index in [0.29, 0.717) is 18.0 Å². The summed E-state index contributed by atoms with van der Waals surface area (Å²) < 4.78 is 5.03. The molecule has 0 fully saturated rings. The van der Waals surface area contributed by atoms with Crippen LogP contribution in [0.4, 0.5) is 5.69 Å². The molecule has 0 spiro atoms. The van der Waals surface area contributed by atoms with Crippen LogP contribution in [-0.4, -0.2) is 13.7 Å². The number of ether oxygens (including phenoxy) is 1. The second-order valence-corrected chi connectivity index (χ2v) is 2.82. The fourth-order valence-corrected chi connectivity index (χ4v) is 1.13. The van der Waals surface area contributed by atoms with Crippen molar-refractivity contribution in [3.63, 3.8) is 0 Å². The minimum atomic E-state index is 0.336. The zero-order valence-electron chi connectivity index (χ0n) is 8.42. The quantitative estimate of drug-likeness (QED) is 0.354. The molecule has 0 aliphatic carbocycles. The van der Waals surface area contributed by atoms with E-state index >= 15 is 0 Å². The van der Waals surface area contributed by atoms with Crippen LogP contribution in [0.25, 0.3) is 16.5 Å². The lowest BCUT2D eigenvalue weighted by Gasteiger charge is -2.04. The molecule has 0 atom stereocenters. The largest absolute Gasteiger partial charge is 0.495 e. The van der Waals surface area contributed by atoms with Gasteiger partial charge in [0.1, 0.15) is 5.75 Å². The van der Waals surface area contributed by atoms with Gasteiger partial charge < -0.3 is 10.5 Å². The van der Waals surface area contributed by atoms with E-state index in [1.807, 2.05) is 12.1 Å². The summed E-state index contributed by atoms with van der Waals surface area (Å²) in [5, 5.41) is 3.38. The lowest BCUT2D eigenvalue weighted by Crippen LogP contribution is -1.92. The highest BCUT2D eigenvalue weighted by Gasteiger charge is 1.97. The highest BCUT2D eigenvalue weighted by atomic mass is 16.5. The van der Waals surface area contributed by atoms with Crippen molar-refractivity contribution < 1.29 is 4.74 Å². The molecule has 0 saturated heterocycles. The fraction of sp³-hybridized carbons (Fsp3) is 0.200. The second-order valence-electron chi connectivity index (χ2n) is 2.82. The van der Waals surface area contributed by atoms with Gasteiger partial charge in [-0.15, -0.1) is 0 Å². The van der Waals surface area contributed by atoms with Gasteiger partial charge in [0.15, 0.2) is 0 Å². The first kappa shape index (κ1) is 10.9. The Kier molecular flexibility index (Phi) is 4.06. The molecule has 0 aliphatic heterocycles. The van der Waals surface area contributed by atoms with E-state index in [0.717, 1.165) is 5.56 Å². The number of methoxy groups -OCH3 is 1. The third-order valence-corrected chi connectivity index (χ3v) is 1.81. The van der Waals surface area contributed by atoms with E-state index < -0.39 is 0 Å². The fourth-order valence-electron chi connectivity index (χ4n) is 1.13. The molecule has 0 unspecified atom stereocenters. The SMILES string of the molecule is COc1ccc(C=CCN=[N+]=[N-])cc1N. The van der Waals surface area contributed by atoms with Crippen molar-refractivity contribution in [2.24, 2.45) is 5.11 Å². The van der Waals surface area contributed by atoms with Crippen molar-refractivity contribution in [2.45, 2.75) is 0 Å². The summed E-state index contributed by atoms with van der Waals surface area (Å²) in [5.41, 5.74) is 15.3. The van der Waals surface area contributed by atoms with Crippen molar-refractivity contribution in [3.05, 3.63) is 40.3 Å². The first-order valence-electron chi connectivity index (χ1n) is 4.39. The average Bonchev–Trinajstić information content (AvgIpc) is 2.25. The Labute approximate surface area is 87.8 Å². The summed E-state index contributed by atoms with van der Waals surface area (Å²) in [6, 6.07) is 5.47. The molecule has 1 rings (SSSR count). The summed E-state index contributed by atoms with van der Waals surface area (Å²) in [6.07, 6.45) is 3.60. The molecule has 5 heteroatoms. The molecule has 78 valence electrons. The van der Waals surface area contributed by atoms with Gasteiger partial charge >= 0.3 is 0 Å². The second kappa shape index (κ2) is 5.57. The Balaban J connectivity index is 2.75. The van der Waals surface area contributed by atoms with E-state index in [4.69, 9.17) is 16.0 Å². The minimum absolute atomic E-state index is 0.336. The van der Waals surface area contributed by atoms with Gasteiger partial charge in [0.2, 0.25) is 0 Å². The molecular formula is C10H12N4O. The van der Waals surface area contributed by atoms with Crippen molar-refractivity contribution in [1.29, 1.82) is 0 Å². The number of rotatable bonds is 4. The maximum atomic E-state index is 8.06. The highest BCUT2D eigenvalue weighted by molar-refractivity contribution is 5.61. The van der Waals surface area contributed by atoms with Crippen LogP contribution < -0.4 is 10.5 Å². The van der Waals surface area contributed by atoms with Gasteiger partial charge in [0.05, 0.1) is 12.8 Å². The van der Waals surface area contributed by atoms with Crippen molar-refractivity contribution in [3.8, 4) is 5.75 Å². The Morgan fingerprint density at radius 1 is 1.60 bits per heavy atom. The van der Waals surface area contributed by atoms with E-state index in [9.17, 15) is 0 Å². The summed E-state index contributed by atoms with van der Waals surface area (Å²) in [7, 11) is 1.57. The van der Waals surface area contributed by atoms with Gasteiger partial charge in [-0.25, -0.2) is 0 Å². The predicted octanol–water partition coefficient (Wildman–Crippen LogP) is 2.60. The molecule has 15 heavy (non-hydrogen) atoms. The smallest absolute Gasteiger partial charge is 0.141 e. The molecule has 1 aromatic rings. The van der Waals surface area contributed by atoms with Gasteiger partial charge in [0, 0.05) is 11.5 Å². The Bertz CT molecular complexity index is 408. The Morgan fingerprint density at radius 3 is 3.00 bits per heavy atom.